The van der Waals surface area contributed by atoms with Gasteiger partial charge in [-0.05, 0) is 43.4 Å². The number of piperazine rings is 1. The van der Waals surface area contributed by atoms with E-state index in [0.717, 1.165) is 38.3 Å². The number of carbonyl (C=O) groups is 2. The van der Waals surface area contributed by atoms with Gasteiger partial charge in [-0.2, -0.15) is 0 Å². The number of aromatic carboxylic acids is 1. The average Bonchev–Trinajstić information content (AvgIpc) is 3.30. The number of carbonyl (C=O) groups excluding carboxylic acids is 1. The fourth-order valence-corrected chi connectivity index (χ4v) is 4.66. The van der Waals surface area contributed by atoms with Crippen LogP contribution in [0.25, 0.3) is 10.9 Å². The Hall–Kier alpha value is -4.51. The molecular formula is C30H31N5O5. The molecule has 3 aromatic carbocycles. The Morgan fingerprint density at radius 1 is 0.950 bits per heavy atom. The van der Waals surface area contributed by atoms with Gasteiger partial charge in [0.15, 0.2) is 5.88 Å². The molecule has 1 fully saturated rings. The number of H-pyrrole nitrogens is 1. The number of aliphatic imine (C=N–C) groups is 1. The third-order valence-corrected chi connectivity index (χ3v) is 6.95. The number of nitrogens with zero attached hydrogens (tertiary/aromatic N) is 3. The van der Waals surface area contributed by atoms with Crippen LogP contribution in [-0.2, 0) is 4.84 Å². The Morgan fingerprint density at radius 2 is 1.65 bits per heavy atom. The molecule has 0 radical (unpaired) electrons. The molecule has 1 saturated heterocycles. The van der Waals surface area contributed by atoms with Crippen molar-refractivity contribution in [1.82, 2.24) is 20.3 Å². The second-order valence-corrected chi connectivity index (χ2v) is 9.71. The number of hydrogen-bond donors (Lipinski definition) is 4. The first kappa shape index (κ1) is 27.1. The standard InChI is InChI=1S/C30H31N5O5/c1-34-13-15-35(16-14-34)17-18-40-33-28(36)21-7-10-23(11-8-21)31-27(20-5-3-2-4-6-20)26-24-12-9-22(30(38)39)19-25(24)32-29(26)37/h2-12,19,32,37H,13-18H2,1H3,(H,33,36)(H,38,39). The van der Waals surface area contributed by atoms with Crippen LogP contribution in [0.2, 0.25) is 0 Å². The second-order valence-electron chi connectivity index (χ2n) is 9.71. The van der Waals surface area contributed by atoms with Crippen LogP contribution in [0.15, 0.2) is 77.8 Å². The zero-order chi connectivity index (χ0) is 28.1. The largest absolute Gasteiger partial charge is 0.494 e. The SMILES string of the molecule is CN1CCN(CCONC(=O)c2ccc(N=C(c3ccccc3)c3c(O)[nH]c4cc(C(=O)O)ccc34)cc2)CC1. The fraction of sp³-hybridized carbons (Fsp3) is 0.233. The summed E-state index contributed by atoms with van der Waals surface area (Å²) < 4.78 is 0. The summed E-state index contributed by atoms with van der Waals surface area (Å²) in [6.07, 6.45) is 0. The summed E-state index contributed by atoms with van der Waals surface area (Å²) in [5.41, 5.74) is 5.80. The zero-order valence-corrected chi connectivity index (χ0v) is 22.1. The summed E-state index contributed by atoms with van der Waals surface area (Å²) in [6, 6.07) is 20.8. The lowest BCUT2D eigenvalue weighted by molar-refractivity contribution is 0.0177. The van der Waals surface area contributed by atoms with Crippen molar-refractivity contribution in [2.75, 3.05) is 46.4 Å². The first-order valence-electron chi connectivity index (χ1n) is 13.0. The summed E-state index contributed by atoms with van der Waals surface area (Å²) >= 11 is 0. The Morgan fingerprint density at radius 3 is 2.35 bits per heavy atom. The number of aromatic nitrogens is 1. The maximum atomic E-state index is 12.6. The van der Waals surface area contributed by atoms with Crippen molar-refractivity contribution in [3.63, 3.8) is 0 Å². The predicted octanol–water partition coefficient (Wildman–Crippen LogP) is 3.65. The Balaban J connectivity index is 1.33. The number of fused-ring (bicyclic) bond motifs is 1. The van der Waals surface area contributed by atoms with Gasteiger partial charge < -0.3 is 20.1 Å². The monoisotopic (exact) mass is 541 g/mol. The number of aromatic amines is 1. The van der Waals surface area contributed by atoms with Crippen LogP contribution in [0.1, 0.15) is 31.8 Å². The number of likely N-dealkylation sites (N-methyl/N-ethyl adjacent to an activating group) is 1. The zero-order valence-electron chi connectivity index (χ0n) is 22.1. The summed E-state index contributed by atoms with van der Waals surface area (Å²) in [6.45, 7) is 5.18. The molecule has 4 N–H and O–H groups in total. The van der Waals surface area contributed by atoms with Gasteiger partial charge in [0, 0.05) is 54.8 Å². The van der Waals surface area contributed by atoms with Gasteiger partial charge in [0.25, 0.3) is 5.91 Å². The van der Waals surface area contributed by atoms with Crippen LogP contribution < -0.4 is 5.48 Å². The van der Waals surface area contributed by atoms with E-state index in [9.17, 15) is 19.8 Å². The van der Waals surface area contributed by atoms with Gasteiger partial charge >= 0.3 is 5.97 Å². The van der Waals surface area contributed by atoms with Crippen molar-refractivity contribution in [2.45, 2.75) is 0 Å². The van der Waals surface area contributed by atoms with Crippen molar-refractivity contribution in [3.05, 3.63) is 95.1 Å². The third-order valence-electron chi connectivity index (χ3n) is 6.95. The van der Waals surface area contributed by atoms with Gasteiger partial charge in [-0.25, -0.2) is 15.3 Å². The number of carboxylic acids is 1. The maximum Gasteiger partial charge on any atom is 0.335 e. The molecule has 5 rings (SSSR count). The molecule has 2 heterocycles. The van der Waals surface area contributed by atoms with E-state index in [1.54, 1.807) is 30.3 Å². The first-order chi connectivity index (χ1) is 19.4. The summed E-state index contributed by atoms with van der Waals surface area (Å²) in [5.74, 6) is -1.52. The van der Waals surface area contributed by atoms with Gasteiger partial charge in [0.05, 0.1) is 29.1 Å². The number of rotatable bonds is 9. The van der Waals surface area contributed by atoms with Crippen LogP contribution in [0, 0.1) is 0 Å². The van der Waals surface area contributed by atoms with Crippen LogP contribution in [0.3, 0.4) is 0 Å². The highest BCUT2D eigenvalue weighted by Gasteiger charge is 2.20. The molecular weight excluding hydrogens is 510 g/mol. The Bertz CT molecular complexity index is 1520. The second kappa shape index (κ2) is 12.1. The van der Waals surface area contributed by atoms with E-state index in [1.807, 2.05) is 30.3 Å². The van der Waals surface area contributed by atoms with Crippen molar-refractivity contribution >= 4 is 34.2 Å². The first-order valence-corrected chi connectivity index (χ1v) is 13.0. The normalized spacial score (nSPS) is 14.9. The molecule has 4 aromatic rings. The molecule has 0 atom stereocenters. The lowest BCUT2D eigenvalue weighted by atomic mass is 10.00. The highest BCUT2D eigenvalue weighted by molar-refractivity contribution is 6.22. The van der Waals surface area contributed by atoms with Crippen LogP contribution in [0.4, 0.5) is 5.69 Å². The number of hydroxylamine groups is 1. The van der Waals surface area contributed by atoms with Crippen LogP contribution >= 0.6 is 0 Å². The fourth-order valence-electron chi connectivity index (χ4n) is 4.66. The van der Waals surface area contributed by atoms with Crippen molar-refractivity contribution in [1.29, 1.82) is 0 Å². The molecule has 0 bridgehead atoms. The number of carboxylic acid groups (broad SMARTS) is 1. The molecule has 1 aliphatic heterocycles. The Kier molecular flexibility index (Phi) is 8.20. The van der Waals surface area contributed by atoms with E-state index in [0.29, 0.717) is 40.0 Å². The number of benzene rings is 3. The Labute approximate surface area is 231 Å². The van der Waals surface area contributed by atoms with Gasteiger partial charge in [0.2, 0.25) is 0 Å². The van der Waals surface area contributed by atoms with Gasteiger partial charge in [-0.15, -0.1) is 0 Å². The van der Waals surface area contributed by atoms with E-state index in [1.165, 1.54) is 12.1 Å². The summed E-state index contributed by atoms with van der Waals surface area (Å²) in [5, 5.41) is 20.8. The van der Waals surface area contributed by atoms with E-state index in [2.05, 4.69) is 27.3 Å². The minimum absolute atomic E-state index is 0.107. The number of hydrogen-bond acceptors (Lipinski definition) is 7. The lowest BCUT2D eigenvalue weighted by Crippen LogP contribution is -2.45. The third kappa shape index (κ3) is 6.20. The molecule has 0 aliphatic carbocycles. The quantitative estimate of drug-likeness (QED) is 0.145. The minimum Gasteiger partial charge on any atom is -0.494 e. The van der Waals surface area contributed by atoms with E-state index in [-0.39, 0.29) is 17.4 Å². The number of nitrogens with one attached hydrogen (secondary N) is 2. The number of amides is 1. The van der Waals surface area contributed by atoms with Crippen molar-refractivity contribution in [2.24, 2.45) is 4.99 Å². The molecule has 206 valence electrons. The van der Waals surface area contributed by atoms with E-state index in [4.69, 9.17) is 9.83 Å². The van der Waals surface area contributed by atoms with Crippen molar-refractivity contribution < 1.29 is 24.6 Å². The smallest absolute Gasteiger partial charge is 0.335 e. The summed E-state index contributed by atoms with van der Waals surface area (Å²) in [7, 11) is 2.11. The molecule has 1 aliphatic rings. The van der Waals surface area contributed by atoms with Crippen LogP contribution in [-0.4, -0.2) is 89.0 Å². The number of aromatic hydroxyl groups is 1. The van der Waals surface area contributed by atoms with Gasteiger partial charge in [-0.3, -0.25) is 14.5 Å². The highest BCUT2D eigenvalue weighted by atomic mass is 16.7. The molecule has 0 saturated carbocycles. The van der Waals surface area contributed by atoms with Gasteiger partial charge in [0.1, 0.15) is 0 Å². The van der Waals surface area contributed by atoms with Gasteiger partial charge in [-0.1, -0.05) is 36.4 Å². The molecule has 0 unspecified atom stereocenters. The maximum absolute atomic E-state index is 12.6. The molecule has 40 heavy (non-hydrogen) atoms. The topological polar surface area (TPSA) is 130 Å². The molecule has 1 amide bonds. The van der Waals surface area contributed by atoms with E-state index >= 15 is 0 Å². The molecule has 1 aromatic heterocycles. The molecule has 10 nitrogen and oxygen atoms in total. The van der Waals surface area contributed by atoms with Crippen LogP contribution in [0.5, 0.6) is 5.88 Å². The van der Waals surface area contributed by atoms with E-state index < -0.39 is 5.97 Å². The molecule has 0 spiro atoms. The average molecular weight is 542 g/mol. The lowest BCUT2D eigenvalue weighted by Gasteiger charge is -2.32. The highest BCUT2D eigenvalue weighted by Crippen LogP contribution is 2.32. The minimum atomic E-state index is -1.06. The van der Waals surface area contributed by atoms with Crippen molar-refractivity contribution in [3.8, 4) is 5.88 Å². The predicted molar refractivity (Wildman–Crippen MR) is 152 cm³/mol. The summed E-state index contributed by atoms with van der Waals surface area (Å²) in [4.78, 5) is 41.7. The molecule has 10 heteroatoms.